The standard InChI is InChI=1S/C13H12ClN3O5/c1-6-11(13(19)20)12(18)7-4-10(17(21)22)8(14)5-9(7)16(6)15(2)3/h4-5H,1-3H3,(H,19,20). The Morgan fingerprint density at radius 1 is 1.41 bits per heavy atom. The highest BCUT2D eigenvalue weighted by atomic mass is 35.5. The third-order valence-corrected chi connectivity index (χ3v) is 3.56. The van der Waals surface area contributed by atoms with Gasteiger partial charge in [0, 0.05) is 20.2 Å². The summed E-state index contributed by atoms with van der Waals surface area (Å²) in [4.78, 5) is 34.0. The van der Waals surface area contributed by atoms with Gasteiger partial charge in [-0.05, 0) is 13.0 Å². The molecule has 0 aliphatic heterocycles. The zero-order valence-corrected chi connectivity index (χ0v) is 12.7. The number of benzene rings is 1. The summed E-state index contributed by atoms with van der Waals surface area (Å²) in [6.45, 7) is 1.49. The van der Waals surface area contributed by atoms with E-state index in [1.807, 2.05) is 0 Å². The van der Waals surface area contributed by atoms with Crippen LogP contribution in [0.25, 0.3) is 10.9 Å². The normalized spacial score (nSPS) is 10.7. The fourth-order valence-corrected chi connectivity index (χ4v) is 2.63. The third-order valence-electron chi connectivity index (χ3n) is 3.26. The van der Waals surface area contributed by atoms with Crippen LogP contribution in [-0.2, 0) is 0 Å². The van der Waals surface area contributed by atoms with Gasteiger partial charge in [0.1, 0.15) is 10.6 Å². The molecule has 0 spiro atoms. The maximum Gasteiger partial charge on any atom is 0.341 e. The highest BCUT2D eigenvalue weighted by Crippen LogP contribution is 2.29. The lowest BCUT2D eigenvalue weighted by atomic mass is 10.1. The summed E-state index contributed by atoms with van der Waals surface area (Å²) < 4.78 is 1.47. The predicted molar refractivity (Wildman–Crippen MR) is 81.6 cm³/mol. The molecule has 2 rings (SSSR count). The van der Waals surface area contributed by atoms with Crippen molar-refractivity contribution in [2.45, 2.75) is 6.92 Å². The van der Waals surface area contributed by atoms with Gasteiger partial charge in [-0.2, -0.15) is 0 Å². The van der Waals surface area contributed by atoms with Gasteiger partial charge in [-0.25, -0.2) is 4.79 Å². The molecule has 0 aliphatic carbocycles. The van der Waals surface area contributed by atoms with Crippen LogP contribution in [0.5, 0.6) is 0 Å². The number of aromatic carboxylic acids is 1. The Morgan fingerprint density at radius 3 is 2.45 bits per heavy atom. The Labute approximate surface area is 129 Å². The number of rotatable bonds is 3. The number of pyridine rings is 1. The first-order chi connectivity index (χ1) is 10.2. The number of halogens is 1. The highest BCUT2D eigenvalue weighted by Gasteiger charge is 2.23. The van der Waals surface area contributed by atoms with Gasteiger partial charge in [0.2, 0.25) is 5.43 Å². The van der Waals surface area contributed by atoms with Crippen LogP contribution in [-0.4, -0.2) is 34.8 Å². The molecule has 0 saturated heterocycles. The van der Waals surface area contributed by atoms with Gasteiger partial charge in [0.05, 0.1) is 21.5 Å². The molecule has 0 amide bonds. The number of carbonyl (C=O) groups is 1. The van der Waals surface area contributed by atoms with Crippen LogP contribution in [0.2, 0.25) is 5.02 Å². The molecule has 0 radical (unpaired) electrons. The molecule has 116 valence electrons. The molecule has 1 heterocycles. The molecular formula is C13H12ClN3O5. The average Bonchev–Trinajstić information content (AvgIpc) is 2.36. The van der Waals surface area contributed by atoms with Crippen molar-refractivity contribution in [3.63, 3.8) is 0 Å². The third kappa shape index (κ3) is 2.27. The zero-order chi connectivity index (χ0) is 16.8. The molecule has 0 fully saturated rings. The number of carboxylic acid groups (broad SMARTS) is 1. The fourth-order valence-electron chi connectivity index (χ4n) is 2.40. The Bertz CT molecular complexity index is 872. The number of hydrogen-bond donors (Lipinski definition) is 1. The topological polar surface area (TPSA) is 106 Å². The summed E-state index contributed by atoms with van der Waals surface area (Å²) >= 11 is 5.89. The van der Waals surface area contributed by atoms with Crippen molar-refractivity contribution in [3.8, 4) is 0 Å². The summed E-state index contributed by atoms with van der Waals surface area (Å²) in [5, 5.41) is 21.6. The minimum Gasteiger partial charge on any atom is -0.477 e. The van der Waals surface area contributed by atoms with E-state index in [1.165, 1.54) is 17.7 Å². The van der Waals surface area contributed by atoms with Crippen LogP contribution in [0.3, 0.4) is 0 Å². The van der Waals surface area contributed by atoms with E-state index < -0.39 is 27.6 Å². The van der Waals surface area contributed by atoms with Crippen molar-refractivity contribution in [1.29, 1.82) is 0 Å². The SMILES string of the molecule is Cc1c(C(=O)O)c(=O)c2cc([N+](=O)[O-])c(Cl)cc2n1N(C)C. The number of aromatic nitrogens is 1. The van der Waals surface area contributed by atoms with Gasteiger partial charge < -0.3 is 10.1 Å². The molecule has 8 nitrogen and oxygen atoms in total. The Balaban J connectivity index is 3.11. The van der Waals surface area contributed by atoms with Crippen LogP contribution in [0, 0.1) is 17.0 Å². The molecule has 0 saturated carbocycles. The first-order valence-electron chi connectivity index (χ1n) is 6.11. The minimum atomic E-state index is -1.39. The van der Waals surface area contributed by atoms with E-state index in [1.54, 1.807) is 19.1 Å². The van der Waals surface area contributed by atoms with Gasteiger partial charge in [-0.3, -0.25) is 19.6 Å². The van der Waals surface area contributed by atoms with Crippen LogP contribution < -0.4 is 10.4 Å². The molecule has 1 N–H and O–H groups in total. The molecule has 0 atom stereocenters. The van der Waals surface area contributed by atoms with E-state index in [2.05, 4.69) is 0 Å². The van der Waals surface area contributed by atoms with Crippen LogP contribution in [0.1, 0.15) is 16.1 Å². The second kappa shape index (κ2) is 5.30. The van der Waals surface area contributed by atoms with Crippen LogP contribution >= 0.6 is 11.6 Å². The summed E-state index contributed by atoms with van der Waals surface area (Å²) in [6.07, 6.45) is 0. The van der Waals surface area contributed by atoms with Crippen molar-refractivity contribution < 1.29 is 14.8 Å². The molecule has 9 heteroatoms. The van der Waals surface area contributed by atoms with Crippen molar-refractivity contribution >= 4 is 34.2 Å². The first kappa shape index (κ1) is 15.8. The molecule has 0 aliphatic rings. The fraction of sp³-hybridized carbons (Fsp3) is 0.231. The molecule has 22 heavy (non-hydrogen) atoms. The predicted octanol–water partition coefficient (Wildman–Crippen LogP) is 1.77. The van der Waals surface area contributed by atoms with E-state index >= 15 is 0 Å². The number of nitro benzene ring substituents is 1. The van der Waals surface area contributed by atoms with Gasteiger partial charge >= 0.3 is 5.97 Å². The molecule has 2 aromatic rings. The maximum absolute atomic E-state index is 12.4. The second-order valence-electron chi connectivity index (χ2n) is 4.83. The number of carboxylic acids is 1. The first-order valence-corrected chi connectivity index (χ1v) is 6.48. The second-order valence-corrected chi connectivity index (χ2v) is 5.24. The van der Waals surface area contributed by atoms with E-state index in [-0.39, 0.29) is 16.1 Å². The van der Waals surface area contributed by atoms with Crippen molar-refractivity contribution in [3.05, 3.63) is 48.8 Å². The van der Waals surface area contributed by atoms with E-state index in [9.17, 15) is 24.8 Å². The Kier molecular flexibility index (Phi) is 3.80. The number of hydrogen-bond acceptors (Lipinski definition) is 5. The van der Waals surface area contributed by atoms with E-state index in [0.29, 0.717) is 5.52 Å². The highest BCUT2D eigenvalue weighted by molar-refractivity contribution is 6.33. The molecule has 0 unspecified atom stereocenters. The van der Waals surface area contributed by atoms with Gasteiger partial charge in [-0.15, -0.1) is 0 Å². The average molecular weight is 326 g/mol. The quantitative estimate of drug-likeness (QED) is 0.681. The molecule has 1 aromatic carbocycles. The largest absolute Gasteiger partial charge is 0.477 e. The monoisotopic (exact) mass is 325 g/mol. The number of fused-ring (bicyclic) bond motifs is 1. The van der Waals surface area contributed by atoms with Crippen LogP contribution in [0.4, 0.5) is 5.69 Å². The summed E-state index contributed by atoms with van der Waals surface area (Å²) in [5.41, 5.74) is -1.15. The van der Waals surface area contributed by atoms with Crippen molar-refractivity contribution in [2.24, 2.45) is 0 Å². The number of nitrogens with zero attached hydrogens (tertiary/aromatic N) is 3. The van der Waals surface area contributed by atoms with Gasteiger partial charge in [0.15, 0.2) is 0 Å². The Morgan fingerprint density at radius 2 is 2.00 bits per heavy atom. The lowest BCUT2D eigenvalue weighted by molar-refractivity contribution is -0.384. The molecule has 1 aromatic heterocycles. The Hall–Kier alpha value is -2.61. The molecule has 0 bridgehead atoms. The summed E-state index contributed by atoms with van der Waals surface area (Å²) in [5.74, 6) is -1.39. The van der Waals surface area contributed by atoms with Crippen LogP contribution in [0.15, 0.2) is 16.9 Å². The molecular weight excluding hydrogens is 314 g/mol. The number of nitro groups is 1. The zero-order valence-electron chi connectivity index (χ0n) is 12.0. The van der Waals surface area contributed by atoms with Gasteiger partial charge in [0.25, 0.3) is 5.69 Å². The summed E-state index contributed by atoms with van der Waals surface area (Å²) in [7, 11) is 3.30. The van der Waals surface area contributed by atoms with Crippen molar-refractivity contribution in [1.82, 2.24) is 4.68 Å². The lowest BCUT2D eigenvalue weighted by Crippen LogP contribution is -2.32. The summed E-state index contributed by atoms with van der Waals surface area (Å²) in [6, 6.07) is 2.29. The maximum atomic E-state index is 12.4. The minimum absolute atomic E-state index is 0.0761. The smallest absolute Gasteiger partial charge is 0.341 e. The van der Waals surface area contributed by atoms with E-state index in [0.717, 1.165) is 6.07 Å². The van der Waals surface area contributed by atoms with Crippen molar-refractivity contribution in [2.75, 3.05) is 19.1 Å². The lowest BCUT2D eigenvalue weighted by Gasteiger charge is -2.23. The van der Waals surface area contributed by atoms with E-state index in [4.69, 9.17) is 11.6 Å². The van der Waals surface area contributed by atoms with Gasteiger partial charge in [-0.1, -0.05) is 11.6 Å².